The molecule has 2 rings (SSSR count). The molecule has 100 valence electrons. The third-order valence-corrected chi connectivity index (χ3v) is 2.60. The molecule has 6 heteroatoms. The molecule has 3 N–H and O–H groups in total. The normalized spacial score (nSPS) is 10.2. The molecule has 0 aliphatic rings. The summed E-state index contributed by atoms with van der Waals surface area (Å²) in [7, 11) is 0. The summed E-state index contributed by atoms with van der Waals surface area (Å²) in [6, 6.07) is 7.33. The molecule has 0 saturated carbocycles. The largest absolute Gasteiger partial charge is 0.492 e. The lowest BCUT2D eigenvalue weighted by Gasteiger charge is -2.08. The molecule has 1 aromatic carbocycles. The fourth-order valence-corrected chi connectivity index (χ4v) is 1.47. The molecule has 2 aromatic rings. The van der Waals surface area contributed by atoms with Crippen molar-refractivity contribution in [3.63, 3.8) is 0 Å². The lowest BCUT2D eigenvalue weighted by atomic mass is 10.3. The van der Waals surface area contributed by atoms with Crippen molar-refractivity contribution in [2.45, 2.75) is 13.8 Å². The predicted molar refractivity (Wildman–Crippen MR) is 74.1 cm³/mol. The van der Waals surface area contributed by atoms with Crippen molar-refractivity contribution < 1.29 is 4.74 Å². The second kappa shape index (κ2) is 5.99. The molecule has 6 nitrogen and oxygen atoms in total. The number of aryl methyl sites for hydroxylation is 2. The Kier molecular flexibility index (Phi) is 4.12. The molecule has 0 fully saturated rings. The van der Waals surface area contributed by atoms with Crippen LogP contribution in [-0.4, -0.2) is 28.3 Å². The van der Waals surface area contributed by atoms with Gasteiger partial charge < -0.3 is 15.8 Å². The van der Waals surface area contributed by atoms with Crippen LogP contribution in [0.4, 0.5) is 11.6 Å². The minimum Gasteiger partial charge on any atom is -0.492 e. The standard InChI is InChI=1S/C13H17N5O/c1-9-10(2)17-18-13(16-9)15-6-7-19-12-5-3-4-11(14)8-12/h3-5,8H,6-7,14H2,1-2H3,(H,15,16,18). The van der Waals surface area contributed by atoms with Gasteiger partial charge in [-0.05, 0) is 26.0 Å². The third-order valence-electron chi connectivity index (χ3n) is 2.60. The van der Waals surface area contributed by atoms with Crippen molar-refractivity contribution in [1.29, 1.82) is 0 Å². The Labute approximate surface area is 112 Å². The van der Waals surface area contributed by atoms with E-state index in [0.29, 0.717) is 24.8 Å². The first-order valence-electron chi connectivity index (χ1n) is 6.05. The Bertz CT molecular complexity index is 558. The topological polar surface area (TPSA) is 86.0 Å². The molecule has 0 aliphatic carbocycles. The van der Waals surface area contributed by atoms with E-state index in [-0.39, 0.29) is 0 Å². The summed E-state index contributed by atoms with van der Waals surface area (Å²) in [6.07, 6.45) is 0. The first-order valence-corrected chi connectivity index (χ1v) is 6.05. The average molecular weight is 259 g/mol. The highest BCUT2D eigenvalue weighted by Gasteiger charge is 2.00. The summed E-state index contributed by atoms with van der Waals surface area (Å²) >= 11 is 0. The summed E-state index contributed by atoms with van der Waals surface area (Å²) in [5, 5.41) is 11.0. The molecule has 1 aromatic heterocycles. The number of anilines is 2. The Morgan fingerprint density at radius 1 is 1.21 bits per heavy atom. The zero-order valence-electron chi connectivity index (χ0n) is 11.1. The molecular formula is C13H17N5O. The lowest BCUT2D eigenvalue weighted by molar-refractivity contribution is 0.332. The Morgan fingerprint density at radius 3 is 2.79 bits per heavy atom. The van der Waals surface area contributed by atoms with E-state index in [4.69, 9.17) is 10.5 Å². The summed E-state index contributed by atoms with van der Waals surface area (Å²) in [6.45, 7) is 4.87. The van der Waals surface area contributed by atoms with Crippen LogP contribution in [0, 0.1) is 13.8 Å². The third kappa shape index (κ3) is 3.80. The van der Waals surface area contributed by atoms with Crippen LogP contribution in [0.1, 0.15) is 11.4 Å². The molecule has 19 heavy (non-hydrogen) atoms. The SMILES string of the molecule is Cc1nnc(NCCOc2cccc(N)c2)nc1C. The van der Waals surface area contributed by atoms with Crippen LogP contribution in [0.5, 0.6) is 5.75 Å². The molecule has 0 spiro atoms. The van der Waals surface area contributed by atoms with Crippen LogP contribution in [0.15, 0.2) is 24.3 Å². The van der Waals surface area contributed by atoms with E-state index in [1.54, 1.807) is 6.07 Å². The number of benzene rings is 1. The average Bonchev–Trinajstić information content (AvgIpc) is 2.39. The van der Waals surface area contributed by atoms with E-state index < -0.39 is 0 Å². The quantitative estimate of drug-likeness (QED) is 0.626. The molecule has 0 radical (unpaired) electrons. The molecular weight excluding hydrogens is 242 g/mol. The number of nitrogens with one attached hydrogen (secondary N) is 1. The van der Waals surface area contributed by atoms with Crippen molar-refractivity contribution in [2.24, 2.45) is 0 Å². The molecule has 0 unspecified atom stereocenters. The number of nitrogens with two attached hydrogens (primary N) is 1. The minimum atomic E-state index is 0.500. The zero-order valence-corrected chi connectivity index (χ0v) is 11.1. The van der Waals surface area contributed by atoms with Crippen LogP contribution < -0.4 is 15.8 Å². The Hall–Kier alpha value is -2.37. The van der Waals surface area contributed by atoms with E-state index in [0.717, 1.165) is 17.1 Å². The van der Waals surface area contributed by atoms with Crippen LogP contribution in [0.25, 0.3) is 0 Å². The number of nitrogens with zero attached hydrogens (tertiary/aromatic N) is 3. The van der Waals surface area contributed by atoms with Crippen molar-refractivity contribution in [1.82, 2.24) is 15.2 Å². The molecule has 0 atom stereocenters. The van der Waals surface area contributed by atoms with Gasteiger partial charge in [0, 0.05) is 11.8 Å². The Balaban J connectivity index is 1.79. The highest BCUT2D eigenvalue weighted by atomic mass is 16.5. The molecule has 0 amide bonds. The van der Waals surface area contributed by atoms with Crippen LogP contribution in [-0.2, 0) is 0 Å². The maximum absolute atomic E-state index is 5.66. The van der Waals surface area contributed by atoms with Gasteiger partial charge in [-0.2, -0.15) is 5.10 Å². The van der Waals surface area contributed by atoms with Crippen molar-refractivity contribution in [3.05, 3.63) is 35.7 Å². The van der Waals surface area contributed by atoms with Gasteiger partial charge in [-0.15, -0.1) is 5.10 Å². The molecule has 0 aliphatic heterocycles. The van der Waals surface area contributed by atoms with E-state index in [2.05, 4.69) is 20.5 Å². The lowest BCUT2D eigenvalue weighted by Crippen LogP contribution is -2.14. The molecule has 1 heterocycles. The van der Waals surface area contributed by atoms with Crippen molar-refractivity contribution >= 4 is 11.6 Å². The second-order valence-corrected chi connectivity index (χ2v) is 4.15. The van der Waals surface area contributed by atoms with Crippen molar-refractivity contribution in [3.8, 4) is 5.75 Å². The zero-order chi connectivity index (χ0) is 13.7. The van der Waals surface area contributed by atoms with E-state index >= 15 is 0 Å². The summed E-state index contributed by atoms with van der Waals surface area (Å²) < 4.78 is 5.54. The predicted octanol–water partition coefficient (Wildman–Crippen LogP) is 1.56. The van der Waals surface area contributed by atoms with Gasteiger partial charge in [-0.1, -0.05) is 6.07 Å². The van der Waals surface area contributed by atoms with Crippen LogP contribution >= 0.6 is 0 Å². The van der Waals surface area contributed by atoms with Gasteiger partial charge in [-0.25, -0.2) is 4.98 Å². The van der Waals surface area contributed by atoms with Crippen molar-refractivity contribution in [2.75, 3.05) is 24.2 Å². The number of nitrogen functional groups attached to an aromatic ring is 1. The first kappa shape index (κ1) is 13.1. The van der Waals surface area contributed by atoms with Gasteiger partial charge in [-0.3, -0.25) is 0 Å². The monoisotopic (exact) mass is 259 g/mol. The molecule has 0 saturated heterocycles. The van der Waals surface area contributed by atoms with Gasteiger partial charge in [0.25, 0.3) is 0 Å². The summed E-state index contributed by atoms with van der Waals surface area (Å²) in [5.41, 5.74) is 8.05. The number of hydrogen-bond donors (Lipinski definition) is 2. The first-order chi connectivity index (χ1) is 9.15. The summed E-state index contributed by atoms with van der Waals surface area (Å²) in [5.74, 6) is 1.26. The van der Waals surface area contributed by atoms with E-state index in [9.17, 15) is 0 Å². The van der Waals surface area contributed by atoms with Gasteiger partial charge >= 0.3 is 0 Å². The van der Waals surface area contributed by atoms with Gasteiger partial charge in [0.2, 0.25) is 5.95 Å². The highest BCUT2D eigenvalue weighted by Crippen LogP contribution is 2.14. The maximum atomic E-state index is 5.66. The van der Waals surface area contributed by atoms with Crippen LogP contribution in [0.3, 0.4) is 0 Å². The van der Waals surface area contributed by atoms with E-state index in [1.165, 1.54) is 0 Å². The number of hydrogen-bond acceptors (Lipinski definition) is 6. The number of rotatable bonds is 5. The summed E-state index contributed by atoms with van der Waals surface area (Å²) in [4.78, 5) is 4.27. The Morgan fingerprint density at radius 2 is 2.05 bits per heavy atom. The van der Waals surface area contributed by atoms with Crippen LogP contribution in [0.2, 0.25) is 0 Å². The van der Waals surface area contributed by atoms with E-state index in [1.807, 2.05) is 32.0 Å². The maximum Gasteiger partial charge on any atom is 0.243 e. The van der Waals surface area contributed by atoms with Gasteiger partial charge in [0.1, 0.15) is 12.4 Å². The fourth-order valence-electron chi connectivity index (χ4n) is 1.47. The smallest absolute Gasteiger partial charge is 0.243 e. The fraction of sp³-hybridized carbons (Fsp3) is 0.308. The van der Waals surface area contributed by atoms with Gasteiger partial charge in [0.15, 0.2) is 0 Å². The number of aromatic nitrogens is 3. The highest BCUT2D eigenvalue weighted by molar-refractivity contribution is 5.43. The second-order valence-electron chi connectivity index (χ2n) is 4.15. The number of ether oxygens (including phenoxy) is 1. The molecule has 0 bridgehead atoms. The minimum absolute atomic E-state index is 0.500. The van der Waals surface area contributed by atoms with Gasteiger partial charge in [0.05, 0.1) is 17.9 Å².